The van der Waals surface area contributed by atoms with Crippen molar-refractivity contribution in [2.24, 2.45) is 0 Å². The van der Waals surface area contributed by atoms with E-state index in [0.717, 1.165) is 17.0 Å². The predicted molar refractivity (Wildman–Crippen MR) is 81.0 cm³/mol. The van der Waals surface area contributed by atoms with Crippen LogP contribution in [-0.2, 0) is 6.54 Å². The molecule has 0 aliphatic rings. The molecule has 0 amide bonds. The number of hydrogen-bond donors (Lipinski definition) is 1. The quantitative estimate of drug-likeness (QED) is 0.868. The summed E-state index contributed by atoms with van der Waals surface area (Å²) in [6.45, 7) is 0.713. The van der Waals surface area contributed by atoms with Gasteiger partial charge in [0.25, 0.3) is 0 Å². The van der Waals surface area contributed by atoms with Crippen LogP contribution in [0.3, 0.4) is 0 Å². The van der Waals surface area contributed by atoms with Gasteiger partial charge in [-0.25, -0.2) is 0 Å². The Morgan fingerprint density at radius 2 is 1.95 bits per heavy atom. The smallest absolute Gasteiger partial charge is 0.142 e. The maximum Gasteiger partial charge on any atom is 0.142 e. The normalized spacial score (nSPS) is 10.3. The highest BCUT2D eigenvalue weighted by molar-refractivity contribution is 6.30. The molecule has 0 atom stereocenters. The zero-order valence-electron chi connectivity index (χ0n) is 11.1. The molecule has 0 spiro atoms. The molecule has 2 aromatic carbocycles. The van der Waals surface area contributed by atoms with Gasteiger partial charge in [-0.3, -0.25) is 0 Å². The van der Waals surface area contributed by atoms with Crippen LogP contribution in [0.2, 0.25) is 5.02 Å². The number of anilines is 2. The summed E-state index contributed by atoms with van der Waals surface area (Å²) in [6.07, 6.45) is 0. The van der Waals surface area contributed by atoms with E-state index in [2.05, 4.69) is 4.90 Å². The van der Waals surface area contributed by atoms with Gasteiger partial charge >= 0.3 is 0 Å². The minimum Gasteiger partial charge on any atom is -0.495 e. The summed E-state index contributed by atoms with van der Waals surface area (Å²) < 4.78 is 5.36. The van der Waals surface area contributed by atoms with Crippen molar-refractivity contribution < 1.29 is 4.74 Å². The second-order valence-electron chi connectivity index (χ2n) is 4.42. The number of halogens is 1. The van der Waals surface area contributed by atoms with E-state index >= 15 is 0 Å². The standard InChI is InChI=1S/C15H17ClN2O/c1-18(14-5-3-4-6-15(14)19-2)10-11-7-12(16)9-13(17)8-11/h3-9H,10,17H2,1-2H3. The molecule has 100 valence electrons. The molecule has 0 fully saturated rings. The van der Waals surface area contributed by atoms with Crippen molar-refractivity contribution in [1.29, 1.82) is 0 Å². The molecule has 2 rings (SSSR count). The highest BCUT2D eigenvalue weighted by Crippen LogP contribution is 2.28. The fraction of sp³-hybridized carbons (Fsp3) is 0.200. The van der Waals surface area contributed by atoms with Gasteiger partial charge in [-0.1, -0.05) is 23.7 Å². The van der Waals surface area contributed by atoms with Crippen molar-refractivity contribution in [3.63, 3.8) is 0 Å². The molecule has 0 heterocycles. The molecule has 2 N–H and O–H groups in total. The number of nitrogens with zero attached hydrogens (tertiary/aromatic N) is 1. The van der Waals surface area contributed by atoms with E-state index in [1.165, 1.54) is 0 Å². The number of benzene rings is 2. The average Bonchev–Trinajstić information content (AvgIpc) is 2.37. The number of nitrogens with two attached hydrogens (primary N) is 1. The first-order chi connectivity index (χ1) is 9.10. The first-order valence-corrected chi connectivity index (χ1v) is 6.37. The number of para-hydroxylation sites is 2. The summed E-state index contributed by atoms with van der Waals surface area (Å²) in [4.78, 5) is 2.10. The van der Waals surface area contributed by atoms with Gasteiger partial charge in [0.05, 0.1) is 12.8 Å². The van der Waals surface area contributed by atoms with E-state index in [0.29, 0.717) is 17.3 Å². The summed E-state index contributed by atoms with van der Waals surface area (Å²) in [5, 5.41) is 0.656. The Kier molecular flexibility index (Phi) is 4.17. The SMILES string of the molecule is COc1ccccc1N(C)Cc1cc(N)cc(Cl)c1. The van der Waals surface area contributed by atoms with Gasteiger partial charge in [-0.05, 0) is 35.9 Å². The zero-order valence-corrected chi connectivity index (χ0v) is 11.8. The first kappa shape index (κ1) is 13.6. The van der Waals surface area contributed by atoms with Crippen LogP contribution in [-0.4, -0.2) is 14.2 Å². The second-order valence-corrected chi connectivity index (χ2v) is 4.86. The lowest BCUT2D eigenvalue weighted by atomic mass is 10.1. The second kappa shape index (κ2) is 5.85. The molecule has 19 heavy (non-hydrogen) atoms. The summed E-state index contributed by atoms with van der Waals surface area (Å²) in [5.74, 6) is 0.847. The van der Waals surface area contributed by atoms with Crippen LogP contribution in [0, 0.1) is 0 Å². The van der Waals surface area contributed by atoms with Crippen molar-refractivity contribution in [2.75, 3.05) is 24.8 Å². The lowest BCUT2D eigenvalue weighted by Gasteiger charge is -2.22. The van der Waals surface area contributed by atoms with Crippen molar-refractivity contribution in [3.05, 3.63) is 53.1 Å². The van der Waals surface area contributed by atoms with Crippen LogP contribution in [0.15, 0.2) is 42.5 Å². The summed E-state index contributed by atoms with van der Waals surface area (Å²) >= 11 is 6.01. The number of methoxy groups -OCH3 is 1. The fourth-order valence-electron chi connectivity index (χ4n) is 2.07. The third kappa shape index (κ3) is 3.32. The van der Waals surface area contributed by atoms with Gasteiger partial charge in [0, 0.05) is 24.3 Å². The maximum atomic E-state index is 6.01. The molecule has 0 aromatic heterocycles. The Balaban J connectivity index is 2.22. The third-order valence-electron chi connectivity index (χ3n) is 2.90. The van der Waals surface area contributed by atoms with Gasteiger partial charge in [-0.2, -0.15) is 0 Å². The Morgan fingerprint density at radius 3 is 2.63 bits per heavy atom. The highest BCUT2D eigenvalue weighted by atomic mass is 35.5. The lowest BCUT2D eigenvalue weighted by molar-refractivity contribution is 0.415. The minimum atomic E-state index is 0.656. The predicted octanol–water partition coefficient (Wildman–Crippen LogP) is 3.57. The maximum absolute atomic E-state index is 6.01. The van der Waals surface area contributed by atoms with Gasteiger partial charge in [-0.15, -0.1) is 0 Å². The number of hydrogen-bond acceptors (Lipinski definition) is 3. The number of ether oxygens (including phenoxy) is 1. The summed E-state index contributed by atoms with van der Waals surface area (Å²) in [5.41, 5.74) is 8.58. The molecule has 0 aliphatic carbocycles. The van der Waals surface area contributed by atoms with Gasteiger partial charge in [0.1, 0.15) is 5.75 Å². The van der Waals surface area contributed by atoms with Gasteiger partial charge in [0.15, 0.2) is 0 Å². The van der Waals surface area contributed by atoms with Gasteiger partial charge in [0.2, 0.25) is 0 Å². The van der Waals surface area contributed by atoms with Crippen LogP contribution in [0.5, 0.6) is 5.75 Å². The van der Waals surface area contributed by atoms with Crippen LogP contribution < -0.4 is 15.4 Å². The van der Waals surface area contributed by atoms with E-state index in [4.69, 9.17) is 22.1 Å². The molecule has 3 nitrogen and oxygen atoms in total. The molecule has 4 heteroatoms. The largest absolute Gasteiger partial charge is 0.495 e. The molecular formula is C15H17ClN2O. The highest BCUT2D eigenvalue weighted by Gasteiger charge is 2.08. The Bertz CT molecular complexity index is 552. The minimum absolute atomic E-state index is 0.656. The molecule has 0 aliphatic heterocycles. The molecule has 0 saturated carbocycles. The molecule has 0 bridgehead atoms. The van der Waals surface area contributed by atoms with Gasteiger partial charge < -0.3 is 15.4 Å². The molecule has 2 aromatic rings. The molecule has 0 unspecified atom stereocenters. The molecular weight excluding hydrogens is 260 g/mol. The molecule has 0 saturated heterocycles. The molecule has 0 radical (unpaired) electrons. The van der Waals surface area contributed by atoms with Crippen LogP contribution in [0.4, 0.5) is 11.4 Å². The van der Waals surface area contributed by atoms with Crippen molar-refractivity contribution in [1.82, 2.24) is 0 Å². The summed E-state index contributed by atoms with van der Waals surface area (Å²) in [7, 11) is 3.68. The van der Waals surface area contributed by atoms with Crippen molar-refractivity contribution >= 4 is 23.0 Å². The van der Waals surface area contributed by atoms with Crippen LogP contribution in [0.25, 0.3) is 0 Å². The average molecular weight is 277 g/mol. The van der Waals surface area contributed by atoms with E-state index in [9.17, 15) is 0 Å². The first-order valence-electron chi connectivity index (χ1n) is 5.99. The lowest BCUT2D eigenvalue weighted by Crippen LogP contribution is -2.17. The van der Waals surface area contributed by atoms with Crippen LogP contribution >= 0.6 is 11.6 Å². The Hall–Kier alpha value is -1.87. The Morgan fingerprint density at radius 1 is 1.21 bits per heavy atom. The van der Waals surface area contributed by atoms with Crippen molar-refractivity contribution in [2.45, 2.75) is 6.54 Å². The fourth-order valence-corrected chi connectivity index (χ4v) is 2.34. The topological polar surface area (TPSA) is 38.5 Å². The summed E-state index contributed by atoms with van der Waals surface area (Å²) in [6, 6.07) is 13.5. The van der Waals surface area contributed by atoms with Crippen LogP contribution in [0.1, 0.15) is 5.56 Å². The monoisotopic (exact) mass is 276 g/mol. The van der Waals surface area contributed by atoms with E-state index in [-0.39, 0.29) is 0 Å². The Labute approximate surface area is 118 Å². The van der Waals surface area contributed by atoms with E-state index in [1.54, 1.807) is 13.2 Å². The number of rotatable bonds is 4. The van der Waals surface area contributed by atoms with Crippen molar-refractivity contribution in [3.8, 4) is 5.75 Å². The zero-order chi connectivity index (χ0) is 13.8. The van der Waals surface area contributed by atoms with E-state index < -0.39 is 0 Å². The third-order valence-corrected chi connectivity index (χ3v) is 3.11. The number of nitrogen functional groups attached to an aromatic ring is 1. The van der Waals surface area contributed by atoms with E-state index in [1.807, 2.05) is 43.4 Å².